The van der Waals surface area contributed by atoms with Crippen molar-refractivity contribution in [2.24, 2.45) is 7.05 Å². The van der Waals surface area contributed by atoms with E-state index in [0.29, 0.717) is 10.2 Å². The fourth-order valence-corrected chi connectivity index (χ4v) is 2.92. The number of nitrogens with one attached hydrogen (secondary N) is 1. The molecule has 90 valence electrons. The molecule has 0 aliphatic heterocycles. The zero-order valence-electron chi connectivity index (χ0n) is 9.39. The molecule has 0 atom stereocenters. The molecular formula is C12H8N2O3S. The molecule has 6 heteroatoms. The first kappa shape index (κ1) is 10.9. The van der Waals surface area contributed by atoms with E-state index < -0.39 is 11.2 Å². The van der Waals surface area contributed by atoms with Crippen LogP contribution in [0.15, 0.2) is 38.6 Å². The molecule has 3 aromatic rings. The van der Waals surface area contributed by atoms with Gasteiger partial charge in [-0.15, -0.1) is 11.3 Å². The first-order valence-electron chi connectivity index (χ1n) is 5.24. The summed E-state index contributed by atoms with van der Waals surface area (Å²) < 4.78 is 1.66. The van der Waals surface area contributed by atoms with Gasteiger partial charge in [-0.05, 0) is 12.1 Å². The summed E-state index contributed by atoms with van der Waals surface area (Å²) >= 11 is 1.23. The quantitative estimate of drug-likeness (QED) is 0.608. The number of hydrogen-bond acceptors (Lipinski definition) is 4. The normalized spacial score (nSPS) is 11.2. The van der Waals surface area contributed by atoms with Gasteiger partial charge in [-0.1, -0.05) is 12.1 Å². The van der Waals surface area contributed by atoms with Crippen molar-refractivity contribution in [3.05, 3.63) is 55.3 Å². The molecule has 18 heavy (non-hydrogen) atoms. The molecule has 0 aliphatic carbocycles. The molecule has 0 amide bonds. The Bertz CT molecular complexity index is 949. The van der Waals surface area contributed by atoms with E-state index in [9.17, 15) is 14.4 Å². The number of H-pyrrole nitrogens is 1. The van der Waals surface area contributed by atoms with E-state index in [0.717, 1.165) is 9.27 Å². The average Bonchev–Trinajstić information content (AvgIpc) is 2.36. The summed E-state index contributed by atoms with van der Waals surface area (Å²) in [4.78, 5) is 38.6. The van der Waals surface area contributed by atoms with Crippen LogP contribution in [0.5, 0.6) is 0 Å². The molecule has 0 saturated heterocycles. The maximum absolute atomic E-state index is 12.2. The van der Waals surface area contributed by atoms with Crippen molar-refractivity contribution in [2.45, 2.75) is 0 Å². The maximum atomic E-state index is 12.2. The third-order valence-electron chi connectivity index (χ3n) is 2.84. The summed E-state index contributed by atoms with van der Waals surface area (Å²) in [6, 6.07) is 7.02. The third kappa shape index (κ3) is 1.36. The van der Waals surface area contributed by atoms with Crippen LogP contribution in [0.2, 0.25) is 0 Å². The second kappa shape index (κ2) is 3.64. The Morgan fingerprint density at radius 3 is 2.67 bits per heavy atom. The zero-order chi connectivity index (χ0) is 12.9. The predicted molar refractivity (Wildman–Crippen MR) is 71.5 cm³/mol. The van der Waals surface area contributed by atoms with Crippen molar-refractivity contribution in [2.75, 3.05) is 0 Å². The SMILES string of the molecule is Cn1c(=O)[nH]c2sc3ccccc3c(=O)c2c1=O. The molecule has 0 saturated carbocycles. The van der Waals surface area contributed by atoms with E-state index in [1.54, 1.807) is 18.2 Å². The second-order valence-corrected chi connectivity index (χ2v) is 4.98. The molecule has 0 aliphatic rings. The number of hydrogen-bond donors (Lipinski definition) is 1. The summed E-state index contributed by atoms with van der Waals surface area (Å²) in [5.41, 5.74) is -1.41. The Labute approximate surface area is 104 Å². The molecule has 3 rings (SSSR count). The van der Waals surface area contributed by atoms with Crippen molar-refractivity contribution in [1.82, 2.24) is 9.55 Å². The standard InChI is InChI=1S/C12H8N2O3S/c1-14-11(16)8-9(15)6-4-2-3-5-7(6)18-10(8)13-12(14)17/h2-5H,1H3,(H,13,17). The van der Waals surface area contributed by atoms with Crippen LogP contribution in [-0.4, -0.2) is 9.55 Å². The molecule has 0 bridgehead atoms. The van der Waals surface area contributed by atoms with Crippen LogP contribution in [-0.2, 0) is 7.05 Å². The maximum Gasteiger partial charge on any atom is 0.329 e. The van der Waals surface area contributed by atoms with E-state index in [1.165, 1.54) is 18.4 Å². The van der Waals surface area contributed by atoms with Crippen LogP contribution in [0, 0.1) is 0 Å². The van der Waals surface area contributed by atoms with Crippen molar-refractivity contribution in [1.29, 1.82) is 0 Å². The van der Waals surface area contributed by atoms with Crippen LogP contribution in [0.1, 0.15) is 0 Å². The molecule has 2 heterocycles. The van der Waals surface area contributed by atoms with E-state index in [4.69, 9.17) is 0 Å². The molecule has 0 fully saturated rings. The fraction of sp³-hybridized carbons (Fsp3) is 0.0833. The fourth-order valence-electron chi connectivity index (χ4n) is 1.87. The minimum absolute atomic E-state index is 0.0424. The summed E-state index contributed by atoms with van der Waals surface area (Å²) in [6.45, 7) is 0. The predicted octanol–water partition coefficient (Wildman–Crippen LogP) is 0.802. The molecule has 0 radical (unpaired) electrons. The molecule has 2 aromatic heterocycles. The highest BCUT2D eigenvalue weighted by molar-refractivity contribution is 7.24. The average molecular weight is 260 g/mol. The van der Waals surface area contributed by atoms with Crippen LogP contribution in [0.4, 0.5) is 0 Å². The van der Waals surface area contributed by atoms with Gasteiger partial charge in [0.2, 0.25) is 5.43 Å². The van der Waals surface area contributed by atoms with E-state index in [1.807, 2.05) is 6.07 Å². The Balaban J connectivity index is 2.75. The van der Waals surface area contributed by atoms with Crippen LogP contribution in [0.3, 0.4) is 0 Å². The Morgan fingerprint density at radius 1 is 1.17 bits per heavy atom. The Kier molecular flexibility index (Phi) is 2.21. The van der Waals surface area contributed by atoms with Crippen LogP contribution in [0.25, 0.3) is 20.3 Å². The molecule has 0 spiro atoms. The van der Waals surface area contributed by atoms with E-state index in [2.05, 4.69) is 4.98 Å². The largest absolute Gasteiger partial charge is 0.329 e. The molecule has 1 N–H and O–H groups in total. The first-order chi connectivity index (χ1) is 8.59. The topological polar surface area (TPSA) is 71.9 Å². The number of rotatable bonds is 0. The minimum Gasteiger partial charge on any atom is -0.298 e. The van der Waals surface area contributed by atoms with Gasteiger partial charge in [0.15, 0.2) is 0 Å². The smallest absolute Gasteiger partial charge is 0.298 e. The molecular weight excluding hydrogens is 252 g/mol. The van der Waals surface area contributed by atoms with Crippen molar-refractivity contribution >= 4 is 31.6 Å². The van der Waals surface area contributed by atoms with E-state index >= 15 is 0 Å². The number of aromatic amines is 1. The minimum atomic E-state index is -0.555. The van der Waals surface area contributed by atoms with Gasteiger partial charge in [-0.2, -0.15) is 0 Å². The molecule has 5 nitrogen and oxygen atoms in total. The summed E-state index contributed by atoms with van der Waals surface area (Å²) in [5, 5.41) is 0.542. The Morgan fingerprint density at radius 2 is 1.89 bits per heavy atom. The lowest BCUT2D eigenvalue weighted by atomic mass is 10.2. The lowest BCUT2D eigenvalue weighted by molar-refractivity contribution is 0.795. The second-order valence-electron chi connectivity index (χ2n) is 3.93. The number of nitrogens with zero attached hydrogens (tertiary/aromatic N) is 1. The lowest BCUT2D eigenvalue weighted by Crippen LogP contribution is -2.34. The number of fused-ring (bicyclic) bond motifs is 2. The first-order valence-corrected chi connectivity index (χ1v) is 6.06. The van der Waals surface area contributed by atoms with Gasteiger partial charge < -0.3 is 0 Å². The highest BCUT2D eigenvalue weighted by Crippen LogP contribution is 2.19. The van der Waals surface area contributed by atoms with Crippen LogP contribution < -0.4 is 16.7 Å². The van der Waals surface area contributed by atoms with Gasteiger partial charge in [0, 0.05) is 17.1 Å². The van der Waals surface area contributed by atoms with Crippen molar-refractivity contribution in [3.63, 3.8) is 0 Å². The van der Waals surface area contributed by atoms with Gasteiger partial charge in [0.25, 0.3) is 5.56 Å². The highest BCUT2D eigenvalue weighted by atomic mass is 32.1. The number of aromatic nitrogens is 2. The number of benzene rings is 1. The molecule has 1 aromatic carbocycles. The highest BCUT2D eigenvalue weighted by Gasteiger charge is 2.11. The monoisotopic (exact) mass is 260 g/mol. The summed E-state index contributed by atoms with van der Waals surface area (Å²) in [6.07, 6.45) is 0. The summed E-state index contributed by atoms with van der Waals surface area (Å²) in [5.74, 6) is 0. The molecule has 0 unspecified atom stereocenters. The van der Waals surface area contributed by atoms with Crippen molar-refractivity contribution in [3.8, 4) is 0 Å². The van der Waals surface area contributed by atoms with Gasteiger partial charge >= 0.3 is 5.69 Å². The van der Waals surface area contributed by atoms with E-state index in [-0.39, 0.29) is 10.8 Å². The van der Waals surface area contributed by atoms with Gasteiger partial charge in [0.05, 0.1) is 0 Å². The van der Waals surface area contributed by atoms with Crippen molar-refractivity contribution < 1.29 is 0 Å². The Hall–Kier alpha value is -2.21. The van der Waals surface area contributed by atoms with Crippen LogP contribution >= 0.6 is 11.3 Å². The van der Waals surface area contributed by atoms with Gasteiger partial charge in [0.1, 0.15) is 10.2 Å². The van der Waals surface area contributed by atoms with Gasteiger partial charge in [-0.3, -0.25) is 19.1 Å². The summed E-state index contributed by atoms with van der Waals surface area (Å²) in [7, 11) is 1.35. The lowest BCUT2D eigenvalue weighted by Gasteiger charge is -2.01. The third-order valence-corrected chi connectivity index (χ3v) is 3.93. The zero-order valence-corrected chi connectivity index (χ0v) is 10.2. The van der Waals surface area contributed by atoms with Gasteiger partial charge in [-0.25, -0.2) is 4.79 Å².